The smallest absolute Gasteiger partial charge is 0.164 e. The van der Waals surface area contributed by atoms with Gasteiger partial charge < -0.3 is 8.83 Å². The van der Waals surface area contributed by atoms with Crippen LogP contribution in [0.4, 0.5) is 0 Å². The van der Waals surface area contributed by atoms with Gasteiger partial charge in [0.25, 0.3) is 0 Å². The molecule has 0 fully saturated rings. The molecule has 1 atom stereocenters. The Balaban J connectivity index is 1.01. The van der Waals surface area contributed by atoms with E-state index in [1.165, 1.54) is 16.3 Å². The number of para-hydroxylation sites is 1. The van der Waals surface area contributed by atoms with Crippen LogP contribution in [0.15, 0.2) is 179 Å². The first-order valence-corrected chi connectivity index (χ1v) is 20.0. The third kappa shape index (κ3) is 5.27. The van der Waals surface area contributed by atoms with Crippen LogP contribution in [-0.4, -0.2) is 15.0 Å². The normalized spacial score (nSPS) is 15.2. The zero-order chi connectivity index (χ0) is 38.2. The van der Waals surface area contributed by atoms with E-state index in [1.807, 2.05) is 12.1 Å². The molecule has 5 heteroatoms. The highest BCUT2D eigenvalue weighted by molar-refractivity contribution is 6.17. The topological polar surface area (TPSA) is 65.0 Å². The van der Waals surface area contributed by atoms with Gasteiger partial charge in [-0.25, -0.2) is 15.0 Å². The third-order valence-corrected chi connectivity index (χ3v) is 11.9. The zero-order valence-corrected chi connectivity index (χ0v) is 31.5. The van der Waals surface area contributed by atoms with E-state index in [9.17, 15) is 0 Å². The summed E-state index contributed by atoms with van der Waals surface area (Å²) < 4.78 is 13.0. The largest absolute Gasteiger partial charge is 0.460 e. The Bertz CT molecular complexity index is 3400. The van der Waals surface area contributed by atoms with Crippen LogP contribution in [0.2, 0.25) is 0 Å². The Labute approximate surface area is 334 Å². The third-order valence-electron chi connectivity index (χ3n) is 11.9. The summed E-state index contributed by atoms with van der Waals surface area (Å²) in [5, 5.41) is 7.95. The summed E-state index contributed by atoms with van der Waals surface area (Å²) in [4.78, 5) is 15.7. The van der Waals surface area contributed by atoms with Gasteiger partial charge in [0.1, 0.15) is 28.3 Å². The minimum atomic E-state index is 0.0505. The number of fused-ring (bicyclic) bond motifs is 8. The number of aromatic nitrogens is 3. The molecule has 0 N–H and O–H groups in total. The Morgan fingerprint density at radius 1 is 0.517 bits per heavy atom. The van der Waals surface area contributed by atoms with Gasteiger partial charge >= 0.3 is 0 Å². The molecule has 12 rings (SSSR count). The summed E-state index contributed by atoms with van der Waals surface area (Å²) in [6, 6.07) is 49.4. The van der Waals surface area contributed by atoms with E-state index < -0.39 is 0 Å². The molecule has 2 aliphatic rings. The van der Waals surface area contributed by atoms with Crippen molar-refractivity contribution in [2.75, 3.05) is 0 Å². The summed E-state index contributed by atoms with van der Waals surface area (Å²) >= 11 is 0. The molecule has 0 amide bonds. The molecule has 10 aromatic rings. The lowest BCUT2D eigenvalue weighted by Gasteiger charge is -2.18. The van der Waals surface area contributed by atoms with Gasteiger partial charge in [0.05, 0.1) is 0 Å². The standard InChI is InChI=1S/C53H35N3O2/c1-2-13-33(14-3-1)51-54-52(56-53(55-51)44-20-11-23-47-50(44)42-18-8-9-21-45(42)57-47)41-29-28-39(37-16-6-7-17-38(37)41)40-19-10-22-46-49(40)43-27-26-36(31-48(43)58-46)35-25-24-32-12-4-5-15-34(32)30-35/h1-10,12-13,15-22,24-31,33H,11,14,23H2. The van der Waals surface area contributed by atoms with Gasteiger partial charge in [0.2, 0.25) is 0 Å². The van der Waals surface area contributed by atoms with Crippen molar-refractivity contribution >= 4 is 60.0 Å². The van der Waals surface area contributed by atoms with Gasteiger partial charge in [-0.2, -0.15) is 0 Å². The predicted molar refractivity (Wildman–Crippen MR) is 236 cm³/mol. The van der Waals surface area contributed by atoms with E-state index in [-0.39, 0.29) is 5.92 Å². The van der Waals surface area contributed by atoms with E-state index >= 15 is 0 Å². The average Bonchev–Trinajstić information content (AvgIpc) is 3.87. The fourth-order valence-corrected chi connectivity index (χ4v) is 9.12. The summed E-state index contributed by atoms with van der Waals surface area (Å²) in [6.07, 6.45) is 13.4. The van der Waals surface area contributed by atoms with Crippen LogP contribution in [-0.2, 0) is 6.42 Å². The second-order valence-electron chi connectivity index (χ2n) is 15.3. The second-order valence-corrected chi connectivity index (χ2v) is 15.3. The van der Waals surface area contributed by atoms with Crippen molar-refractivity contribution in [3.05, 3.63) is 193 Å². The Morgan fingerprint density at radius 2 is 1.28 bits per heavy atom. The van der Waals surface area contributed by atoms with Crippen LogP contribution in [0.1, 0.15) is 41.7 Å². The average molecular weight is 746 g/mol. The van der Waals surface area contributed by atoms with Crippen molar-refractivity contribution < 1.29 is 8.83 Å². The highest BCUT2D eigenvalue weighted by atomic mass is 16.3. The van der Waals surface area contributed by atoms with Gasteiger partial charge in [-0.3, -0.25) is 0 Å². The molecular formula is C53H35N3O2. The molecule has 3 aromatic heterocycles. The predicted octanol–water partition coefficient (Wildman–Crippen LogP) is 13.8. The highest BCUT2D eigenvalue weighted by Gasteiger charge is 2.26. The number of hydrogen-bond donors (Lipinski definition) is 0. The molecule has 0 aliphatic heterocycles. The lowest BCUT2D eigenvalue weighted by molar-refractivity contribution is 0.545. The van der Waals surface area contributed by atoms with Crippen LogP contribution < -0.4 is 0 Å². The van der Waals surface area contributed by atoms with E-state index in [4.69, 9.17) is 23.8 Å². The maximum Gasteiger partial charge on any atom is 0.164 e. The van der Waals surface area contributed by atoms with Crippen LogP contribution in [0.3, 0.4) is 0 Å². The molecule has 5 nitrogen and oxygen atoms in total. The lowest BCUT2D eigenvalue weighted by atomic mass is 9.91. The molecule has 0 saturated carbocycles. The van der Waals surface area contributed by atoms with Crippen LogP contribution >= 0.6 is 0 Å². The second kappa shape index (κ2) is 13.1. The quantitative estimate of drug-likeness (QED) is 0.175. The summed E-state index contributed by atoms with van der Waals surface area (Å²) in [7, 11) is 0. The number of aryl methyl sites for hydroxylation is 1. The number of furan rings is 2. The minimum absolute atomic E-state index is 0.0505. The molecular weight excluding hydrogens is 711 g/mol. The fourth-order valence-electron chi connectivity index (χ4n) is 9.12. The Hall–Kier alpha value is -7.37. The summed E-state index contributed by atoms with van der Waals surface area (Å²) in [6.45, 7) is 0. The summed E-state index contributed by atoms with van der Waals surface area (Å²) in [5.41, 5.74) is 10.3. The number of benzene rings is 7. The number of hydrogen-bond acceptors (Lipinski definition) is 5. The molecule has 7 aromatic carbocycles. The van der Waals surface area contributed by atoms with E-state index in [2.05, 4.69) is 158 Å². The molecule has 0 spiro atoms. The SMILES string of the molecule is C1=CCC(c2nc(C3=CCCc4oc5ccccc5c43)nc(-c3ccc(-c4cccc5oc6cc(-c7ccc8ccccc8c7)ccc6c45)c4ccccc34)n2)C=C1. The Morgan fingerprint density at radius 3 is 2.17 bits per heavy atom. The van der Waals surface area contributed by atoms with Gasteiger partial charge in [0.15, 0.2) is 11.6 Å². The van der Waals surface area contributed by atoms with Crippen LogP contribution in [0.25, 0.3) is 93.7 Å². The van der Waals surface area contributed by atoms with E-state index in [1.54, 1.807) is 0 Å². The Kier molecular flexibility index (Phi) is 7.42. The highest BCUT2D eigenvalue weighted by Crippen LogP contribution is 2.43. The van der Waals surface area contributed by atoms with Crippen molar-refractivity contribution in [3.63, 3.8) is 0 Å². The van der Waals surface area contributed by atoms with Crippen molar-refractivity contribution in [1.82, 2.24) is 15.0 Å². The molecule has 3 heterocycles. The van der Waals surface area contributed by atoms with Crippen LogP contribution in [0, 0.1) is 0 Å². The van der Waals surface area contributed by atoms with E-state index in [0.29, 0.717) is 11.6 Å². The van der Waals surface area contributed by atoms with Crippen molar-refractivity contribution in [1.29, 1.82) is 0 Å². The number of nitrogens with zero attached hydrogens (tertiary/aromatic N) is 3. The first kappa shape index (κ1) is 32.8. The molecule has 58 heavy (non-hydrogen) atoms. The van der Waals surface area contributed by atoms with Gasteiger partial charge in [-0.05, 0) is 93.0 Å². The van der Waals surface area contributed by atoms with Gasteiger partial charge in [-0.15, -0.1) is 0 Å². The monoisotopic (exact) mass is 745 g/mol. The molecule has 0 saturated heterocycles. The molecule has 1 unspecified atom stereocenters. The minimum Gasteiger partial charge on any atom is -0.460 e. The van der Waals surface area contributed by atoms with Crippen LogP contribution in [0.5, 0.6) is 0 Å². The number of rotatable bonds is 5. The number of allylic oxidation sites excluding steroid dienone is 5. The first-order valence-electron chi connectivity index (χ1n) is 20.0. The maximum atomic E-state index is 6.61. The van der Waals surface area contributed by atoms with Gasteiger partial charge in [0, 0.05) is 45.2 Å². The zero-order valence-electron chi connectivity index (χ0n) is 31.5. The van der Waals surface area contributed by atoms with Crippen molar-refractivity contribution in [3.8, 4) is 33.6 Å². The van der Waals surface area contributed by atoms with Gasteiger partial charge in [-0.1, -0.05) is 134 Å². The van der Waals surface area contributed by atoms with Crippen molar-refractivity contribution in [2.45, 2.75) is 25.2 Å². The maximum absolute atomic E-state index is 6.61. The van der Waals surface area contributed by atoms with E-state index in [0.717, 1.165) is 108 Å². The molecule has 2 aliphatic carbocycles. The van der Waals surface area contributed by atoms with Crippen molar-refractivity contribution in [2.24, 2.45) is 0 Å². The molecule has 0 bridgehead atoms. The fraction of sp³-hybridized carbons (Fsp3) is 0.0755. The summed E-state index contributed by atoms with van der Waals surface area (Å²) in [5.74, 6) is 3.16. The lowest BCUT2D eigenvalue weighted by Crippen LogP contribution is -2.11. The first-order chi connectivity index (χ1) is 28.7. The molecule has 274 valence electrons. The molecule has 0 radical (unpaired) electrons.